The molecule has 33 heavy (non-hydrogen) atoms. The highest BCUT2D eigenvalue weighted by Crippen LogP contribution is 2.29. The average Bonchev–Trinajstić information content (AvgIpc) is 3.54. The summed E-state index contributed by atoms with van der Waals surface area (Å²) >= 11 is 6.46. The number of benzene rings is 2. The molecule has 2 aromatic rings. The van der Waals surface area contributed by atoms with E-state index in [1.807, 2.05) is 24.3 Å². The Balaban J connectivity index is 1.43. The first-order chi connectivity index (χ1) is 15.9. The number of ether oxygens (including phenoxy) is 1. The summed E-state index contributed by atoms with van der Waals surface area (Å²) in [5.41, 5.74) is 1.28. The van der Waals surface area contributed by atoms with Crippen LogP contribution in [-0.4, -0.2) is 58.1 Å². The molecule has 2 N–H and O–H groups in total. The average molecular weight is 492 g/mol. The Kier molecular flexibility index (Phi) is 8.03. The number of rotatable bonds is 9. The van der Waals surface area contributed by atoms with Crippen LogP contribution in [0.1, 0.15) is 47.6 Å². The predicted octanol–water partition coefficient (Wildman–Crippen LogP) is 3.36. The molecule has 7 nitrogen and oxygen atoms in total. The van der Waals surface area contributed by atoms with Gasteiger partial charge in [-0.2, -0.15) is 0 Å². The van der Waals surface area contributed by atoms with Gasteiger partial charge in [0.2, 0.25) is 10.0 Å². The number of carbonyl (C=O) groups is 1. The molecule has 2 saturated heterocycles. The van der Waals surface area contributed by atoms with Gasteiger partial charge in [0.25, 0.3) is 5.91 Å². The van der Waals surface area contributed by atoms with E-state index in [9.17, 15) is 13.2 Å². The lowest BCUT2D eigenvalue weighted by atomic mass is 10.0. The maximum atomic E-state index is 12.9. The summed E-state index contributed by atoms with van der Waals surface area (Å²) in [5, 5.41) is 3.66. The maximum Gasteiger partial charge on any atom is 0.251 e. The molecule has 2 aromatic carbocycles. The van der Waals surface area contributed by atoms with Crippen molar-refractivity contribution in [2.24, 2.45) is 0 Å². The summed E-state index contributed by atoms with van der Waals surface area (Å²) in [5.74, 6) is -0.317. The van der Waals surface area contributed by atoms with Crippen molar-refractivity contribution in [1.29, 1.82) is 0 Å². The van der Waals surface area contributed by atoms with Gasteiger partial charge in [0.05, 0.1) is 17.0 Å². The summed E-state index contributed by atoms with van der Waals surface area (Å²) in [7, 11) is -3.73. The van der Waals surface area contributed by atoms with Gasteiger partial charge in [0.1, 0.15) is 0 Å². The molecule has 0 aromatic heterocycles. The van der Waals surface area contributed by atoms with E-state index in [1.54, 1.807) is 12.1 Å². The monoisotopic (exact) mass is 491 g/mol. The molecule has 0 radical (unpaired) electrons. The number of halogens is 1. The van der Waals surface area contributed by atoms with Gasteiger partial charge < -0.3 is 10.1 Å². The van der Waals surface area contributed by atoms with Crippen molar-refractivity contribution in [2.75, 3.05) is 32.8 Å². The van der Waals surface area contributed by atoms with Crippen molar-refractivity contribution in [3.8, 4) is 0 Å². The molecule has 2 atom stereocenters. The first kappa shape index (κ1) is 24.2. The van der Waals surface area contributed by atoms with E-state index >= 15 is 0 Å². The fraction of sp³-hybridized carbons (Fsp3) is 0.458. The molecule has 0 aliphatic carbocycles. The number of amides is 1. The molecule has 4 rings (SSSR count). The molecule has 0 spiro atoms. The number of hydrogen-bond acceptors (Lipinski definition) is 5. The van der Waals surface area contributed by atoms with Crippen molar-refractivity contribution < 1.29 is 17.9 Å². The first-order valence-electron chi connectivity index (χ1n) is 11.4. The molecule has 0 saturated carbocycles. The van der Waals surface area contributed by atoms with Crippen LogP contribution in [0.2, 0.25) is 5.02 Å². The van der Waals surface area contributed by atoms with Crippen LogP contribution in [0.3, 0.4) is 0 Å². The zero-order valence-corrected chi connectivity index (χ0v) is 20.1. The quantitative estimate of drug-likeness (QED) is 0.561. The smallest absolute Gasteiger partial charge is 0.251 e. The maximum absolute atomic E-state index is 12.9. The topological polar surface area (TPSA) is 87.7 Å². The van der Waals surface area contributed by atoms with Crippen molar-refractivity contribution in [2.45, 2.75) is 42.7 Å². The molecule has 2 heterocycles. The molecule has 2 aliphatic heterocycles. The van der Waals surface area contributed by atoms with E-state index in [0.717, 1.165) is 44.3 Å². The normalized spacial score (nSPS) is 20.1. The number of nitrogens with zero attached hydrogens (tertiary/aromatic N) is 1. The molecular weight excluding hydrogens is 462 g/mol. The fourth-order valence-electron chi connectivity index (χ4n) is 4.42. The minimum absolute atomic E-state index is 0.0369. The van der Waals surface area contributed by atoms with E-state index in [0.29, 0.717) is 23.7 Å². The lowest BCUT2D eigenvalue weighted by Gasteiger charge is -2.29. The van der Waals surface area contributed by atoms with Crippen LogP contribution in [-0.2, 0) is 14.8 Å². The van der Waals surface area contributed by atoms with Gasteiger partial charge in [0.15, 0.2) is 0 Å². The second-order valence-corrected chi connectivity index (χ2v) is 10.7. The SMILES string of the molecule is O=C(NCC(c1ccccc1Cl)N1CCCC1)c1cccc(S(=O)(=O)NCC2CCCO2)c1. The highest BCUT2D eigenvalue weighted by Gasteiger charge is 2.26. The highest BCUT2D eigenvalue weighted by molar-refractivity contribution is 7.89. The summed E-state index contributed by atoms with van der Waals surface area (Å²) in [6, 6.07) is 13.8. The molecule has 2 aliphatic rings. The molecule has 178 valence electrons. The number of carbonyl (C=O) groups excluding carboxylic acids is 1. The van der Waals surface area contributed by atoms with Gasteiger partial charge in [-0.05, 0) is 68.6 Å². The van der Waals surface area contributed by atoms with Crippen LogP contribution in [0.5, 0.6) is 0 Å². The molecular formula is C24H30ClN3O4S. The van der Waals surface area contributed by atoms with Crippen molar-refractivity contribution in [3.63, 3.8) is 0 Å². The van der Waals surface area contributed by atoms with Gasteiger partial charge in [-0.1, -0.05) is 35.9 Å². The molecule has 1 amide bonds. The standard InChI is InChI=1S/C24H30ClN3O4S/c25-22-11-2-1-10-21(22)23(28-12-3-4-13-28)17-26-24(29)18-7-5-9-20(15-18)33(30,31)27-16-19-8-6-14-32-19/h1-2,5,7,9-11,15,19,23,27H,3-4,6,8,12-14,16-17H2,(H,26,29). The lowest BCUT2D eigenvalue weighted by molar-refractivity contribution is 0.0937. The molecule has 0 bridgehead atoms. The van der Waals surface area contributed by atoms with E-state index in [2.05, 4.69) is 14.9 Å². The van der Waals surface area contributed by atoms with Crippen molar-refractivity contribution >= 4 is 27.5 Å². The minimum atomic E-state index is -3.73. The van der Waals surface area contributed by atoms with Crippen LogP contribution >= 0.6 is 11.6 Å². The summed E-state index contributed by atoms with van der Waals surface area (Å²) < 4.78 is 33.5. The second kappa shape index (κ2) is 11.0. The van der Waals surface area contributed by atoms with Gasteiger partial charge >= 0.3 is 0 Å². The Morgan fingerprint density at radius 2 is 1.91 bits per heavy atom. The van der Waals surface area contributed by atoms with Gasteiger partial charge in [-0.15, -0.1) is 0 Å². The summed E-state index contributed by atoms with van der Waals surface area (Å²) in [4.78, 5) is 15.3. The molecule has 9 heteroatoms. The third-order valence-electron chi connectivity index (χ3n) is 6.23. The second-order valence-electron chi connectivity index (χ2n) is 8.51. The largest absolute Gasteiger partial charge is 0.377 e. The van der Waals surface area contributed by atoms with E-state index in [4.69, 9.17) is 16.3 Å². The zero-order valence-electron chi connectivity index (χ0n) is 18.5. The third-order valence-corrected chi connectivity index (χ3v) is 8.00. The zero-order chi connectivity index (χ0) is 23.3. The van der Waals surface area contributed by atoms with E-state index in [-0.39, 0.29) is 29.5 Å². The van der Waals surface area contributed by atoms with Crippen molar-refractivity contribution in [1.82, 2.24) is 14.9 Å². The summed E-state index contributed by atoms with van der Waals surface area (Å²) in [6.45, 7) is 3.19. The van der Waals surface area contributed by atoms with Crippen LogP contribution in [0.15, 0.2) is 53.4 Å². The lowest BCUT2D eigenvalue weighted by Crippen LogP contribution is -2.37. The fourth-order valence-corrected chi connectivity index (χ4v) is 5.80. The highest BCUT2D eigenvalue weighted by atomic mass is 35.5. The Morgan fingerprint density at radius 3 is 2.64 bits per heavy atom. The number of likely N-dealkylation sites (tertiary alicyclic amines) is 1. The molecule has 2 unspecified atom stereocenters. The first-order valence-corrected chi connectivity index (χ1v) is 13.3. The number of nitrogens with one attached hydrogen (secondary N) is 2. The van der Waals surface area contributed by atoms with Crippen LogP contribution in [0.25, 0.3) is 0 Å². The summed E-state index contributed by atoms with van der Waals surface area (Å²) in [6.07, 6.45) is 3.92. The Hall–Kier alpha value is -1.97. The Bertz CT molecular complexity index is 1070. The van der Waals surface area contributed by atoms with Gasteiger partial charge in [-0.25, -0.2) is 13.1 Å². The van der Waals surface area contributed by atoms with Crippen LogP contribution in [0, 0.1) is 0 Å². The van der Waals surface area contributed by atoms with Crippen molar-refractivity contribution in [3.05, 3.63) is 64.7 Å². The van der Waals surface area contributed by atoms with E-state index < -0.39 is 10.0 Å². The van der Waals surface area contributed by atoms with Gasteiger partial charge in [-0.3, -0.25) is 9.69 Å². The van der Waals surface area contributed by atoms with Crippen LogP contribution < -0.4 is 10.0 Å². The van der Waals surface area contributed by atoms with Gasteiger partial charge in [0, 0.05) is 30.3 Å². The van der Waals surface area contributed by atoms with E-state index in [1.165, 1.54) is 12.1 Å². The Labute approximate surface area is 200 Å². The number of sulfonamides is 1. The van der Waals surface area contributed by atoms with Crippen LogP contribution in [0.4, 0.5) is 0 Å². The Morgan fingerprint density at radius 1 is 1.12 bits per heavy atom. The number of hydrogen-bond donors (Lipinski definition) is 2. The predicted molar refractivity (Wildman–Crippen MR) is 128 cm³/mol. The minimum Gasteiger partial charge on any atom is -0.377 e. The molecule has 2 fully saturated rings. The third kappa shape index (κ3) is 6.13.